The average molecular weight is 420 g/mol. The van der Waals surface area contributed by atoms with Crippen LogP contribution >= 0.6 is 0 Å². The maximum Gasteiger partial charge on any atom is 0.261 e. The first kappa shape index (κ1) is 19.7. The molecule has 0 fully saturated rings. The monoisotopic (exact) mass is 420 g/mol. The van der Waals surface area contributed by atoms with Crippen LogP contribution in [0.25, 0.3) is 5.65 Å². The zero-order valence-electron chi connectivity index (χ0n) is 16.0. The summed E-state index contributed by atoms with van der Waals surface area (Å²) >= 11 is 0. The second kappa shape index (κ2) is 8.38. The van der Waals surface area contributed by atoms with Crippen molar-refractivity contribution in [1.82, 2.24) is 14.7 Å². The Balaban J connectivity index is 1.33. The summed E-state index contributed by atoms with van der Waals surface area (Å²) in [5.41, 5.74) is 2.60. The van der Waals surface area contributed by atoms with Gasteiger partial charge in [0.2, 0.25) is 0 Å². The van der Waals surface area contributed by atoms with E-state index in [1.165, 1.54) is 12.1 Å². The van der Waals surface area contributed by atoms with E-state index in [-0.39, 0.29) is 10.8 Å². The predicted molar refractivity (Wildman–Crippen MR) is 115 cm³/mol. The maximum atomic E-state index is 12.4. The minimum absolute atomic E-state index is 0.179. The van der Waals surface area contributed by atoms with Crippen molar-refractivity contribution in [3.05, 3.63) is 96.4 Å². The lowest BCUT2D eigenvalue weighted by atomic mass is 10.2. The van der Waals surface area contributed by atoms with Crippen molar-refractivity contribution < 1.29 is 13.2 Å². The molecule has 2 N–H and O–H groups in total. The van der Waals surface area contributed by atoms with Crippen molar-refractivity contribution in [3.8, 4) is 0 Å². The number of imidazole rings is 1. The number of carbonyl (C=O) groups is 1. The standard InChI is InChI=1S/C22H20N4O3S/c27-22(23-14-13-19-16-26-15-5-4-8-21(26)24-19)17-9-11-18(12-10-17)25-30(28,29)20-6-2-1-3-7-20/h1-12,15-16,25H,13-14H2,(H,23,27). The van der Waals surface area contributed by atoms with Crippen LogP contribution in [0.1, 0.15) is 16.1 Å². The van der Waals surface area contributed by atoms with Gasteiger partial charge in [0.15, 0.2) is 0 Å². The molecular formula is C22H20N4O3S. The van der Waals surface area contributed by atoms with Gasteiger partial charge in [-0.05, 0) is 48.5 Å². The number of amides is 1. The number of carbonyl (C=O) groups excluding carboxylic acids is 1. The lowest BCUT2D eigenvalue weighted by molar-refractivity contribution is 0.0954. The molecule has 0 saturated carbocycles. The Morgan fingerprint density at radius 2 is 1.67 bits per heavy atom. The number of hydrogen-bond acceptors (Lipinski definition) is 4. The molecule has 0 bridgehead atoms. The number of nitrogens with zero attached hydrogens (tertiary/aromatic N) is 2. The molecule has 1 amide bonds. The summed E-state index contributed by atoms with van der Waals surface area (Å²) in [6.45, 7) is 0.450. The number of sulfonamides is 1. The van der Waals surface area contributed by atoms with Gasteiger partial charge < -0.3 is 9.72 Å². The summed E-state index contributed by atoms with van der Waals surface area (Å²) in [5.74, 6) is -0.226. The molecule has 0 radical (unpaired) electrons. The minimum atomic E-state index is -3.66. The van der Waals surface area contributed by atoms with Crippen LogP contribution in [-0.4, -0.2) is 30.3 Å². The van der Waals surface area contributed by atoms with Crippen LogP contribution in [0.15, 0.2) is 90.1 Å². The molecule has 0 aliphatic rings. The minimum Gasteiger partial charge on any atom is -0.352 e. The molecule has 0 spiro atoms. The summed E-state index contributed by atoms with van der Waals surface area (Å²) in [6.07, 6.45) is 4.48. The molecule has 0 aliphatic heterocycles. The first-order chi connectivity index (χ1) is 14.5. The summed E-state index contributed by atoms with van der Waals surface area (Å²) in [4.78, 5) is 17.0. The fourth-order valence-corrected chi connectivity index (χ4v) is 4.10. The topological polar surface area (TPSA) is 92.6 Å². The summed E-state index contributed by atoms with van der Waals surface area (Å²) < 4.78 is 29.2. The van der Waals surface area contributed by atoms with Gasteiger partial charge in [0.1, 0.15) is 5.65 Å². The number of benzene rings is 2. The lowest BCUT2D eigenvalue weighted by Crippen LogP contribution is -2.25. The van der Waals surface area contributed by atoms with Gasteiger partial charge in [0.05, 0.1) is 10.6 Å². The first-order valence-electron chi connectivity index (χ1n) is 9.40. The highest BCUT2D eigenvalue weighted by Gasteiger charge is 2.14. The molecule has 8 heteroatoms. The average Bonchev–Trinajstić information content (AvgIpc) is 3.17. The quantitative estimate of drug-likeness (QED) is 0.481. The van der Waals surface area contributed by atoms with E-state index >= 15 is 0 Å². The first-order valence-corrected chi connectivity index (χ1v) is 10.9. The maximum absolute atomic E-state index is 12.4. The molecule has 0 unspecified atom stereocenters. The zero-order chi connectivity index (χ0) is 21.0. The third-order valence-electron chi connectivity index (χ3n) is 4.53. The van der Waals surface area contributed by atoms with Crippen molar-refractivity contribution in [3.63, 3.8) is 0 Å². The van der Waals surface area contributed by atoms with E-state index in [1.54, 1.807) is 42.5 Å². The van der Waals surface area contributed by atoms with E-state index in [1.807, 2.05) is 35.0 Å². The Morgan fingerprint density at radius 3 is 2.40 bits per heavy atom. The molecule has 2 aromatic heterocycles. The largest absolute Gasteiger partial charge is 0.352 e. The molecule has 30 heavy (non-hydrogen) atoms. The smallest absolute Gasteiger partial charge is 0.261 e. The number of fused-ring (bicyclic) bond motifs is 1. The number of nitrogens with one attached hydrogen (secondary N) is 2. The molecule has 0 saturated heterocycles. The number of pyridine rings is 1. The van der Waals surface area contributed by atoms with E-state index in [0.717, 1.165) is 11.3 Å². The molecule has 4 aromatic rings. The Hall–Kier alpha value is -3.65. The Morgan fingerprint density at radius 1 is 0.933 bits per heavy atom. The molecule has 7 nitrogen and oxygen atoms in total. The van der Waals surface area contributed by atoms with Crippen LogP contribution < -0.4 is 10.0 Å². The van der Waals surface area contributed by atoms with Crippen LogP contribution in [0, 0.1) is 0 Å². The van der Waals surface area contributed by atoms with Crippen molar-refractivity contribution in [1.29, 1.82) is 0 Å². The number of aromatic nitrogens is 2. The highest BCUT2D eigenvalue weighted by Crippen LogP contribution is 2.16. The van der Waals surface area contributed by atoms with Crippen LogP contribution in [0.3, 0.4) is 0 Å². The van der Waals surface area contributed by atoms with Gasteiger partial charge in [-0.3, -0.25) is 9.52 Å². The van der Waals surface area contributed by atoms with Crippen molar-refractivity contribution in [2.75, 3.05) is 11.3 Å². The lowest BCUT2D eigenvalue weighted by Gasteiger charge is -2.09. The molecule has 152 valence electrons. The SMILES string of the molecule is O=C(NCCc1cn2ccccc2n1)c1ccc(NS(=O)(=O)c2ccccc2)cc1. The van der Waals surface area contributed by atoms with E-state index in [9.17, 15) is 13.2 Å². The second-order valence-electron chi connectivity index (χ2n) is 6.70. The van der Waals surface area contributed by atoms with Gasteiger partial charge in [-0.1, -0.05) is 24.3 Å². The third-order valence-corrected chi connectivity index (χ3v) is 5.93. The van der Waals surface area contributed by atoms with Crippen molar-refractivity contribution in [2.45, 2.75) is 11.3 Å². The fourth-order valence-electron chi connectivity index (χ4n) is 3.02. The van der Waals surface area contributed by atoms with E-state index in [0.29, 0.717) is 24.2 Å². The van der Waals surface area contributed by atoms with Crippen LogP contribution in [0.4, 0.5) is 5.69 Å². The number of rotatable bonds is 7. The van der Waals surface area contributed by atoms with Gasteiger partial charge in [0.25, 0.3) is 15.9 Å². The third kappa shape index (κ3) is 4.49. The van der Waals surface area contributed by atoms with Crippen LogP contribution in [0.2, 0.25) is 0 Å². The number of anilines is 1. The number of hydrogen-bond donors (Lipinski definition) is 2. The Kier molecular flexibility index (Phi) is 5.49. The molecule has 0 atom stereocenters. The van der Waals surface area contributed by atoms with E-state index < -0.39 is 10.0 Å². The molecule has 2 heterocycles. The molecule has 0 aliphatic carbocycles. The van der Waals surface area contributed by atoms with Crippen LogP contribution in [-0.2, 0) is 16.4 Å². The van der Waals surface area contributed by atoms with Crippen molar-refractivity contribution in [2.24, 2.45) is 0 Å². The fraction of sp³-hybridized carbons (Fsp3) is 0.0909. The highest BCUT2D eigenvalue weighted by molar-refractivity contribution is 7.92. The van der Waals surface area contributed by atoms with Gasteiger partial charge in [-0.2, -0.15) is 0 Å². The van der Waals surface area contributed by atoms with Gasteiger partial charge >= 0.3 is 0 Å². The molecule has 2 aromatic carbocycles. The Labute approximate surface area is 174 Å². The summed E-state index contributed by atoms with van der Waals surface area (Å²) in [7, 11) is -3.66. The summed E-state index contributed by atoms with van der Waals surface area (Å²) in [5, 5.41) is 2.86. The summed E-state index contributed by atoms with van der Waals surface area (Å²) in [6, 6.07) is 20.2. The Bertz CT molecular complexity index is 1230. The van der Waals surface area contributed by atoms with Crippen LogP contribution in [0.5, 0.6) is 0 Å². The highest BCUT2D eigenvalue weighted by atomic mass is 32.2. The second-order valence-corrected chi connectivity index (χ2v) is 8.38. The van der Waals surface area contributed by atoms with Gasteiger partial charge in [-0.15, -0.1) is 0 Å². The molecule has 4 rings (SSSR count). The van der Waals surface area contributed by atoms with E-state index in [2.05, 4.69) is 15.0 Å². The van der Waals surface area contributed by atoms with Gasteiger partial charge in [0, 0.05) is 36.6 Å². The molecular weight excluding hydrogens is 400 g/mol. The van der Waals surface area contributed by atoms with Crippen molar-refractivity contribution >= 4 is 27.3 Å². The van der Waals surface area contributed by atoms with E-state index in [4.69, 9.17) is 0 Å². The predicted octanol–water partition coefficient (Wildman–Crippen LogP) is 3.11. The zero-order valence-corrected chi connectivity index (χ0v) is 16.8. The van der Waals surface area contributed by atoms with Gasteiger partial charge in [-0.25, -0.2) is 13.4 Å². The normalized spacial score (nSPS) is 11.3.